The van der Waals surface area contributed by atoms with E-state index < -0.39 is 12.1 Å². The normalized spacial score (nSPS) is 13.5. The van der Waals surface area contributed by atoms with Crippen LogP contribution in [0, 0.1) is 12.7 Å². The third kappa shape index (κ3) is 3.78. The van der Waals surface area contributed by atoms with Gasteiger partial charge in [-0.1, -0.05) is 0 Å². The Morgan fingerprint density at radius 1 is 1.38 bits per heavy atom. The lowest BCUT2D eigenvalue weighted by molar-refractivity contribution is 0.190. The van der Waals surface area contributed by atoms with Crippen LogP contribution in [0.15, 0.2) is 30.6 Å². The SMILES string of the molecule is Cc1cc(-c2cnc(NCc3c(F)ccc4c3CCO4)n3cc(C(C)NC(=O)O)nc23)n(C)n1. The van der Waals surface area contributed by atoms with Gasteiger partial charge in [0.15, 0.2) is 5.65 Å². The van der Waals surface area contributed by atoms with Gasteiger partial charge < -0.3 is 20.5 Å². The van der Waals surface area contributed by atoms with Crippen LogP contribution < -0.4 is 15.4 Å². The van der Waals surface area contributed by atoms with E-state index in [-0.39, 0.29) is 12.4 Å². The first-order valence-corrected chi connectivity index (χ1v) is 10.9. The summed E-state index contributed by atoms with van der Waals surface area (Å²) in [4.78, 5) is 20.4. The molecule has 3 aromatic heterocycles. The third-order valence-electron chi connectivity index (χ3n) is 5.94. The Morgan fingerprint density at radius 2 is 2.21 bits per heavy atom. The molecule has 1 aliphatic rings. The van der Waals surface area contributed by atoms with Gasteiger partial charge in [-0.2, -0.15) is 5.10 Å². The number of nitrogens with one attached hydrogen (secondary N) is 2. The van der Waals surface area contributed by atoms with Crippen molar-refractivity contribution in [2.24, 2.45) is 7.05 Å². The van der Waals surface area contributed by atoms with E-state index in [9.17, 15) is 9.18 Å². The maximum absolute atomic E-state index is 14.6. The first-order chi connectivity index (χ1) is 16.3. The molecule has 11 heteroatoms. The average Bonchev–Trinajstić information content (AvgIpc) is 3.50. The number of hydrogen-bond acceptors (Lipinski definition) is 6. The van der Waals surface area contributed by atoms with Gasteiger partial charge in [-0.25, -0.2) is 19.2 Å². The largest absolute Gasteiger partial charge is 0.493 e. The van der Waals surface area contributed by atoms with Crippen molar-refractivity contribution in [1.29, 1.82) is 0 Å². The lowest BCUT2D eigenvalue weighted by atomic mass is 10.0. The van der Waals surface area contributed by atoms with Gasteiger partial charge in [-0.05, 0) is 32.0 Å². The molecule has 0 radical (unpaired) electrons. The van der Waals surface area contributed by atoms with E-state index in [1.807, 2.05) is 20.0 Å². The molecule has 1 atom stereocenters. The summed E-state index contributed by atoms with van der Waals surface area (Å²) in [7, 11) is 1.84. The summed E-state index contributed by atoms with van der Waals surface area (Å²) in [5, 5.41) is 19.2. The number of carboxylic acid groups (broad SMARTS) is 1. The molecule has 3 N–H and O–H groups in total. The van der Waals surface area contributed by atoms with E-state index in [1.165, 1.54) is 6.07 Å². The highest BCUT2D eigenvalue weighted by atomic mass is 19.1. The smallest absolute Gasteiger partial charge is 0.405 e. The van der Waals surface area contributed by atoms with E-state index >= 15 is 0 Å². The fraction of sp³-hybridized carbons (Fsp3) is 0.304. The standard InChI is InChI=1S/C23H24FN7O3/c1-12-8-19(30(3)29-12)16-10-26-22(31-11-18(28-21(16)31)13(2)27-23(32)33)25-9-15-14-6-7-34-20(14)5-4-17(15)24/h4-5,8,10-11,13,27H,6-7,9H2,1-3H3,(H,25,26)(H,32,33). The molecular formula is C23H24FN7O3. The molecule has 0 bridgehead atoms. The van der Waals surface area contributed by atoms with Crippen molar-refractivity contribution in [2.75, 3.05) is 11.9 Å². The van der Waals surface area contributed by atoms with E-state index in [4.69, 9.17) is 14.8 Å². The molecule has 4 heterocycles. The van der Waals surface area contributed by atoms with Gasteiger partial charge in [-0.15, -0.1) is 0 Å². The van der Waals surface area contributed by atoms with Crippen molar-refractivity contribution in [2.45, 2.75) is 32.9 Å². The Labute approximate surface area is 194 Å². The minimum Gasteiger partial charge on any atom is -0.493 e. The first kappa shape index (κ1) is 21.7. The number of benzene rings is 1. The molecule has 34 heavy (non-hydrogen) atoms. The number of halogens is 1. The van der Waals surface area contributed by atoms with E-state index in [0.29, 0.717) is 41.6 Å². The Morgan fingerprint density at radius 3 is 2.94 bits per heavy atom. The minimum atomic E-state index is -1.14. The highest BCUT2D eigenvalue weighted by Crippen LogP contribution is 2.31. The number of hydrogen-bond donors (Lipinski definition) is 3. The Bertz CT molecular complexity index is 1410. The second kappa shape index (κ2) is 8.32. The Hall–Kier alpha value is -4.15. The number of aromatic nitrogens is 5. The molecular weight excluding hydrogens is 441 g/mol. The molecule has 10 nitrogen and oxygen atoms in total. The number of nitrogens with zero attached hydrogens (tertiary/aromatic N) is 5. The van der Waals surface area contributed by atoms with Crippen LogP contribution in [-0.4, -0.2) is 42.0 Å². The van der Waals surface area contributed by atoms with Crippen LogP contribution in [0.1, 0.15) is 35.5 Å². The van der Waals surface area contributed by atoms with Crippen molar-refractivity contribution >= 4 is 17.7 Å². The minimum absolute atomic E-state index is 0.209. The highest BCUT2D eigenvalue weighted by molar-refractivity contribution is 5.76. The number of aryl methyl sites for hydroxylation is 2. The van der Waals surface area contributed by atoms with Gasteiger partial charge in [0.1, 0.15) is 11.6 Å². The van der Waals surface area contributed by atoms with Crippen LogP contribution in [0.5, 0.6) is 5.75 Å². The molecule has 0 saturated heterocycles. The summed E-state index contributed by atoms with van der Waals surface area (Å²) in [5.74, 6) is 0.854. The molecule has 5 rings (SSSR count). The number of amides is 1. The summed E-state index contributed by atoms with van der Waals surface area (Å²) in [5.41, 5.74) is 4.91. The summed E-state index contributed by atoms with van der Waals surface area (Å²) in [6, 6.07) is 4.45. The van der Waals surface area contributed by atoms with Crippen LogP contribution in [0.25, 0.3) is 16.9 Å². The van der Waals surface area contributed by atoms with E-state index in [0.717, 1.165) is 22.5 Å². The van der Waals surface area contributed by atoms with E-state index in [1.54, 1.807) is 34.5 Å². The molecule has 1 amide bonds. The zero-order valence-electron chi connectivity index (χ0n) is 19.0. The molecule has 0 fully saturated rings. The van der Waals surface area contributed by atoms with Crippen molar-refractivity contribution in [3.63, 3.8) is 0 Å². The topological polar surface area (TPSA) is 119 Å². The molecule has 1 aromatic carbocycles. The number of rotatable bonds is 6. The summed E-state index contributed by atoms with van der Waals surface area (Å²) in [6.45, 7) is 4.36. The zero-order valence-corrected chi connectivity index (χ0v) is 19.0. The van der Waals surface area contributed by atoms with Gasteiger partial charge in [0.2, 0.25) is 5.95 Å². The number of carbonyl (C=O) groups is 1. The lowest BCUT2D eigenvalue weighted by Gasteiger charge is -2.13. The molecule has 4 aromatic rings. The summed E-state index contributed by atoms with van der Waals surface area (Å²) in [6.07, 6.45) is 2.93. The van der Waals surface area contributed by atoms with Crippen molar-refractivity contribution in [3.05, 3.63) is 58.9 Å². The fourth-order valence-electron chi connectivity index (χ4n) is 4.31. The first-order valence-electron chi connectivity index (χ1n) is 10.9. The molecule has 0 spiro atoms. The summed E-state index contributed by atoms with van der Waals surface area (Å²) >= 11 is 0. The molecule has 1 aliphatic heterocycles. The van der Waals surface area contributed by atoms with E-state index in [2.05, 4.69) is 20.7 Å². The Kier molecular flexibility index (Phi) is 5.31. The van der Waals surface area contributed by atoms with Gasteiger partial charge in [-0.3, -0.25) is 9.08 Å². The monoisotopic (exact) mass is 465 g/mol. The second-order valence-electron chi connectivity index (χ2n) is 8.28. The number of fused-ring (bicyclic) bond motifs is 2. The van der Waals surface area contributed by atoms with Crippen LogP contribution >= 0.6 is 0 Å². The van der Waals surface area contributed by atoms with Crippen LogP contribution in [0.4, 0.5) is 15.1 Å². The maximum Gasteiger partial charge on any atom is 0.405 e. The molecule has 0 saturated carbocycles. The predicted octanol–water partition coefficient (Wildman–Crippen LogP) is 3.45. The quantitative estimate of drug-likeness (QED) is 0.399. The third-order valence-corrected chi connectivity index (χ3v) is 5.94. The number of ether oxygens (including phenoxy) is 1. The predicted molar refractivity (Wildman–Crippen MR) is 122 cm³/mol. The maximum atomic E-state index is 14.6. The van der Waals surface area contributed by atoms with Gasteiger partial charge in [0.05, 0.1) is 35.3 Å². The second-order valence-corrected chi connectivity index (χ2v) is 8.28. The average molecular weight is 465 g/mol. The Balaban J connectivity index is 1.57. The molecule has 1 unspecified atom stereocenters. The van der Waals surface area contributed by atoms with Crippen molar-refractivity contribution in [3.8, 4) is 17.0 Å². The van der Waals surface area contributed by atoms with Gasteiger partial charge in [0, 0.05) is 43.5 Å². The zero-order chi connectivity index (χ0) is 24.0. The van der Waals surface area contributed by atoms with Crippen LogP contribution in [-0.2, 0) is 20.0 Å². The molecule has 176 valence electrons. The highest BCUT2D eigenvalue weighted by Gasteiger charge is 2.22. The van der Waals surface area contributed by atoms with Crippen molar-refractivity contribution < 1.29 is 19.0 Å². The lowest BCUT2D eigenvalue weighted by Crippen LogP contribution is -2.24. The van der Waals surface area contributed by atoms with Crippen LogP contribution in [0.3, 0.4) is 0 Å². The van der Waals surface area contributed by atoms with Crippen LogP contribution in [0.2, 0.25) is 0 Å². The van der Waals surface area contributed by atoms with Gasteiger partial charge >= 0.3 is 6.09 Å². The summed E-state index contributed by atoms with van der Waals surface area (Å²) < 4.78 is 23.7. The van der Waals surface area contributed by atoms with Crippen molar-refractivity contribution in [1.82, 2.24) is 29.5 Å². The van der Waals surface area contributed by atoms with Gasteiger partial charge in [0.25, 0.3) is 0 Å². The number of anilines is 1. The number of imidazole rings is 1. The molecule has 0 aliphatic carbocycles. The fourth-order valence-corrected chi connectivity index (χ4v) is 4.31.